The number of hydrogen-bond donors (Lipinski definition) is 0. The molecule has 1 fully saturated rings. The first-order valence-electron chi connectivity index (χ1n) is 5.06. The normalized spacial score (nSPS) is 18.5. The lowest BCUT2D eigenvalue weighted by Crippen LogP contribution is -2.12. The highest BCUT2D eigenvalue weighted by Crippen LogP contribution is 2.26. The van der Waals surface area contributed by atoms with Crippen molar-refractivity contribution in [3.05, 3.63) is 0 Å². The molecule has 1 saturated heterocycles. The zero-order chi connectivity index (χ0) is 9.52. The van der Waals surface area contributed by atoms with Gasteiger partial charge in [0.1, 0.15) is 0 Å². The molecular weight excluding hydrogens is 184 g/mol. The fourth-order valence-electron chi connectivity index (χ4n) is 1.59. The van der Waals surface area contributed by atoms with E-state index in [1.54, 1.807) is 0 Å². The molecule has 0 aliphatic carbocycles. The van der Waals surface area contributed by atoms with E-state index in [-0.39, 0.29) is 5.97 Å². The predicted octanol–water partition coefficient (Wildman–Crippen LogP) is 2.47. The summed E-state index contributed by atoms with van der Waals surface area (Å²) in [5, 5.41) is 0. The van der Waals surface area contributed by atoms with Crippen molar-refractivity contribution < 1.29 is 9.53 Å². The van der Waals surface area contributed by atoms with Crippen molar-refractivity contribution in [1.82, 2.24) is 0 Å². The zero-order valence-corrected chi connectivity index (χ0v) is 9.07. The number of rotatable bonds is 4. The Labute approximate surface area is 84.4 Å². The van der Waals surface area contributed by atoms with Gasteiger partial charge in [-0.2, -0.15) is 11.8 Å². The van der Waals surface area contributed by atoms with Crippen molar-refractivity contribution in [1.29, 1.82) is 0 Å². The van der Waals surface area contributed by atoms with Gasteiger partial charge < -0.3 is 4.74 Å². The van der Waals surface area contributed by atoms with E-state index in [4.69, 9.17) is 4.74 Å². The van der Waals surface area contributed by atoms with Gasteiger partial charge in [0.05, 0.1) is 6.61 Å². The van der Waals surface area contributed by atoms with Crippen LogP contribution in [0.5, 0.6) is 0 Å². The Hall–Kier alpha value is -0.180. The smallest absolute Gasteiger partial charge is 0.305 e. The molecule has 0 spiro atoms. The van der Waals surface area contributed by atoms with Crippen LogP contribution in [0, 0.1) is 5.92 Å². The summed E-state index contributed by atoms with van der Waals surface area (Å²) in [5.74, 6) is 3.28. The van der Waals surface area contributed by atoms with Gasteiger partial charge in [-0.25, -0.2) is 0 Å². The average Bonchev–Trinajstić information content (AvgIpc) is 2.17. The molecule has 0 bridgehead atoms. The van der Waals surface area contributed by atoms with Crippen LogP contribution >= 0.6 is 11.8 Å². The minimum atomic E-state index is -0.0271. The maximum Gasteiger partial charge on any atom is 0.305 e. The topological polar surface area (TPSA) is 26.3 Å². The third-order valence-electron chi connectivity index (χ3n) is 2.40. The van der Waals surface area contributed by atoms with Crippen molar-refractivity contribution in [3.63, 3.8) is 0 Å². The van der Waals surface area contributed by atoms with E-state index in [2.05, 4.69) is 0 Å². The summed E-state index contributed by atoms with van der Waals surface area (Å²) in [5.41, 5.74) is 0. The fraction of sp³-hybridized carbons (Fsp3) is 0.900. The maximum atomic E-state index is 11.1. The number of ether oxygens (including phenoxy) is 1. The van der Waals surface area contributed by atoms with E-state index in [1.165, 1.54) is 24.3 Å². The van der Waals surface area contributed by atoms with Crippen LogP contribution in [0.1, 0.15) is 32.6 Å². The van der Waals surface area contributed by atoms with Gasteiger partial charge in [-0.1, -0.05) is 0 Å². The van der Waals surface area contributed by atoms with Crippen LogP contribution in [-0.2, 0) is 9.53 Å². The summed E-state index contributed by atoms with van der Waals surface area (Å²) in [4.78, 5) is 11.1. The molecule has 13 heavy (non-hydrogen) atoms. The highest BCUT2D eigenvalue weighted by Gasteiger charge is 2.15. The summed E-state index contributed by atoms with van der Waals surface area (Å²) in [6.45, 7) is 2.37. The molecule has 0 radical (unpaired) electrons. The zero-order valence-electron chi connectivity index (χ0n) is 8.25. The lowest BCUT2D eigenvalue weighted by atomic mass is 9.97. The minimum absolute atomic E-state index is 0.0271. The first-order chi connectivity index (χ1) is 6.33. The van der Waals surface area contributed by atoms with Gasteiger partial charge in [-0.3, -0.25) is 4.79 Å². The predicted molar refractivity (Wildman–Crippen MR) is 55.9 cm³/mol. The Bertz CT molecular complexity index is 153. The number of carbonyl (C=O) groups is 1. The summed E-state index contributed by atoms with van der Waals surface area (Å²) >= 11 is 2.03. The molecule has 0 amide bonds. The van der Waals surface area contributed by atoms with Crippen molar-refractivity contribution in [3.8, 4) is 0 Å². The average molecular weight is 202 g/mol. The van der Waals surface area contributed by atoms with Gasteiger partial charge in [0, 0.05) is 6.42 Å². The monoisotopic (exact) mass is 202 g/mol. The third kappa shape index (κ3) is 4.55. The second kappa shape index (κ2) is 6.30. The van der Waals surface area contributed by atoms with E-state index in [0.717, 1.165) is 12.3 Å². The molecule has 2 nitrogen and oxygen atoms in total. The quantitative estimate of drug-likeness (QED) is 0.655. The van der Waals surface area contributed by atoms with Gasteiger partial charge in [-0.05, 0) is 43.6 Å². The molecule has 0 unspecified atom stereocenters. The van der Waals surface area contributed by atoms with Crippen LogP contribution < -0.4 is 0 Å². The standard InChI is InChI=1S/C10H18O2S/c1-2-12-10(11)4-3-9-5-7-13-8-6-9/h9H,2-8H2,1H3. The molecule has 1 rings (SSSR count). The van der Waals surface area contributed by atoms with Gasteiger partial charge in [-0.15, -0.1) is 0 Å². The minimum Gasteiger partial charge on any atom is -0.466 e. The third-order valence-corrected chi connectivity index (χ3v) is 3.45. The molecule has 0 aromatic heterocycles. The van der Waals surface area contributed by atoms with Gasteiger partial charge in [0.15, 0.2) is 0 Å². The molecule has 0 aromatic carbocycles. The number of hydrogen-bond acceptors (Lipinski definition) is 3. The van der Waals surface area contributed by atoms with Crippen LogP contribution in [0.25, 0.3) is 0 Å². The van der Waals surface area contributed by atoms with Crippen molar-refractivity contribution in [2.24, 2.45) is 5.92 Å². The SMILES string of the molecule is CCOC(=O)CCC1CCSCC1. The first-order valence-corrected chi connectivity index (χ1v) is 6.21. The summed E-state index contributed by atoms with van der Waals surface area (Å²) < 4.78 is 4.89. The van der Waals surface area contributed by atoms with Crippen molar-refractivity contribution in [2.75, 3.05) is 18.1 Å². The lowest BCUT2D eigenvalue weighted by Gasteiger charge is -2.20. The maximum absolute atomic E-state index is 11.1. The summed E-state index contributed by atoms with van der Waals surface area (Å²) in [7, 11) is 0. The molecule has 0 atom stereocenters. The molecule has 3 heteroatoms. The Morgan fingerprint density at radius 2 is 2.15 bits per heavy atom. The highest BCUT2D eigenvalue weighted by atomic mass is 32.2. The molecule has 0 N–H and O–H groups in total. The largest absolute Gasteiger partial charge is 0.466 e. The van der Waals surface area contributed by atoms with Crippen LogP contribution in [0.2, 0.25) is 0 Å². The second-order valence-electron chi connectivity index (χ2n) is 3.40. The molecule has 76 valence electrons. The number of esters is 1. The Morgan fingerprint density at radius 3 is 2.77 bits per heavy atom. The first kappa shape index (κ1) is 10.9. The number of carbonyl (C=O) groups excluding carboxylic acids is 1. The summed E-state index contributed by atoms with van der Waals surface area (Å²) in [6.07, 6.45) is 4.21. The Morgan fingerprint density at radius 1 is 1.46 bits per heavy atom. The van der Waals surface area contributed by atoms with Crippen LogP contribution in [0.3, 0.4) is 0 Å². The van der Waals surface area contributed by atoms with Crippen LogP contribution in [0.15, 0.2) is 0 Å². The van der Waals surface area contributed by atoms with E-state index in [1.807, 2.05) is 18.7 Å². The van der Waals surface area contributed by atoms with E-state index in [0.29, 0.717) is 13.0 Å². The molecule has 0 saturated carbocycles. The fourth-order valence-corrected chi connectivity index (χ4v) is 2.79. The molecule has 1 aliphatic heterocycles. The van der Waals surface area contributed by atoms with Crippen LogP contribution in [-0.4, -0.2) is 24.1 Å². The Kier molecular flexibility index (Phi) is 5.28. The molecular formula is C10H18O2S. The Balaban J connectivity index is 2.06. The molecule has 0 aromatic rings. The summed E-state index contributed by atoms with van der Waals surface area (Å²) in [6, 6.07) is 0. The van der Waals surface area contributed by atoms with E-state index >= 15 is 0 Å². The molecule has 1 aliphatic rings. The second-order valence-corrected chi connectivity index (χ2v) is 4.62. The van der Waals surface area contributed by atoms with Crippen molar-refractivity contribution in [2.45, 2.75) is 32.6 Å². The number of thioether (sulfide) groups is 1. The molecule has 1 heterocycles. The highest BCUT2D eigenvalue weighted by molar-refractivity contribution is 7.99. The van der Waals surface area contributed by atoms with Gasteiger partial charge in [0.25, 0.3) is 0 Å². The van der Waals surface area contributed by atoms with Gasteiger partial charge in [0.2, 0.25) is 0 Å². The lowest BCUT2D eigenvalue weighted by molar-refractivity contribution is -0.143. The van der Waals surface area contributed by atoms with Gasteiger partial charge >= 0.3 is 5.97 Å². The van der Waals surface area contributed by atoms with E-state index in [9.17, 15) is 4.79 Å². The van der Waals surface area contributed by atoms with Crippen molar-refractivity contribution >= 4 is 17.7 Å². The van der Waals surface area contributed by atoms with E-state index < -0.39 is 0 Å². The van der Waals surface area contributed by atoms with Crippen LogP contribution in [0.4, 0.5) is 0 Å².